The van der Waals surface area contributed by atoms with Crippen LogP contribution in [0.4, 0.5) is 0 Å². The molecule has 0 spiro atoms. The van der Waals surface area contributed by atoms with E-state index in [1.807, 2.05) is 48.5 Å². The molecule has 0 aliphatic carbocycles. The summed E-state index contributed by atoms with van der Waals surface area (Å²) in [5.74, 6) is 0. The third-order valence-corrected chi connectivity index (χ3v) is 4.22. The molecule has 0 aliphatic rings. The number of rotatable bonds is 2. The minimum Gasteiger partial charge on any atom is -0.192 e. The van der Waals surface area contributed by atoms with Gasteiger partial charge in [-0.3, -0.25) is 0 Å². The van der Waals surface area contributed by atoms with Crippen LogP contribution in [-0.4, -0.2) is 0 Å². The van der Waals surface area contributed by atoms with Crippen LogP contribution in [0.3, 0.4) is 0 Å². The van der Waals surface area contributed by atoms with Crippen LogP contribution in [0.25, 0.3) is 21.6 Å². The first-order chi connectivity index (χ1) is 10.3. The number of hydrogen-bond acceptors (Lipinski definition) is 3. The second kappa shape index (κ2) is 5.63. The van der Waals surface area contributed by atoms with Crippen LogP contribution in [0.2, 0.25) is 0 Å². The SMILES string of the molecule is N#Cc1ccc(-c2csc(-c3ccc(C#N)cc3)c2)cc1. The van der Waals surface area contributed by atoms with Gasteiger partial charge in [0.1, 0.15) is 0 Å². The van der Waals surface area contributed by atoms with Gasteiger partial charge in [0, 0.05) is 4.88 Å². The average Bonchev–Trinajstić information content (AvgIpc) is 3.05. The molecule has 21 heavy (non-hydrogen) atoms. The van der Waals surface area contributed by atoms with E-state index >= 15 is 0 Å². The lowest BCUT2D eigenvalue weighted by molar-refractivity contribution is 1.48. The predicted octanol–water partition coefficient (Wildman–Crippen LogP) is 4.83. The summed E-state index contributed by atoms with van der Waals surface area (Å²) in [7, 11) is 0. The van der Waals surface area contributed by atoms with Crippen LogP contribution in [-0.2, 0) is 0 Å². The summed E-state index contributed by atoms with van der Waals surface area (Å²) in [6.45, 7) is 0. The molecule has 0 fully saturated rings. The molecule has 0 saturated heterocycles. The van der Waals surface area contributed by atoms with Gasteiger partial charge in [0.25, 0.3) is 0 Å². The summed E-state index contributed by atoms with van der Waals surface area (Å²) < 4.78 is 0. The molecule has 0 amide bonds. The van der Waals surface area contributed by atoms with Crippen molar-refractivity contribution in [2.75, 3.05) is 0 Å². The molecule has 0 radical (unpaired) electrons. The van der Waals surface area contributed by atoms with Gasteiger partial charge in [0.2, 0.25) is 0 Å². The maximum Gasteiger partial charge on any atom is 0.0991 e. The summed E-state index contributed by atoms with van der Waals surface area (Å²) in [5, 5.41) is 19.8. The number of nitrogens with zero attached hydrogens (tertiary/aromatic N) is 2. The molecule has 3 heteroatoms. The van der Waals surface area contributed by atoms with Crippen molar-refractivity contribution in [3.63, 3.8) is 0 Å². The molecule has 0 saturated carbocycles. The van der Waals surface area contributed by atoms with E-state index in [9.17, 15) is 0 Å². The van der Waals surface area contributed by atoms with E-state index in [4.69, 9.17) is 10.5 Å². The minimum atomic E-state index is 0.668. The monoisotopic (exact) mass is 286 g/mol. The van der Waals surface area contributed by atoms with Crippen LogP contribution in [0, 0.1) is 22.7 Å². The fourth-order valence-corrected chi connectivity index (χ4v) is 3.01. The highest BCUT2D eigenvalue weighted by Gasteiger charge is 2.05. The average molecular weight is 286 g/mol. The number of benzene rings is 2. The first-order valence-electron chi connectivity index (χ1n) is 6.40. The smallest absolute Gasteiger partial charge is 0.0991 e. The topological polar surface area (TPSA) is 47.6 Å². The van der Waals surface area contributed by atoms with E-state index in [-0.39, 0.29) is 0 Å². The Morgan fingerprint density at radius 2 is 1.19 bits per heavy atom. The first kappa shape index (κ1) is 13.1. The van der Waals surface area contributed by atoms with Gasteiger partial charge < -0.3 is 0 Å². The van der Waals surface area contributed by atoms with Crippen LogP contribution in [0.1, 0.15) is 11.1 Å². The Hall–Kier alpha value is -2.88. The maximum atomic E-state index is 8.82. The highest BCUT2D eigenvalue weighted by Crippen LogP contribution is 2.32. The van der Waals surface area contributed by atoms with Gasteiger partial charge >= 0.3 is 0 Å². The van der Waals surface area contributed by atoms with Crippen molar-refractivity contribution in [1.29, 1.82) is 10.5 Å². The van der Waals surface area contributed by atoms with Crippen molar-refractivity contribution in [3.8, 4) is 33.7 Å². The van der Waals surface area contributed by atoms with Gasteiger partial charge in [-0.25, -0.2) is 0 Å². The van der Waals surface area contributed by atoms with E-state index in [0.717, 1.165) is 16.7 Å². The van der Waals surface area contributed by atoms with Gasteiger partial charge in [0.05, 0.1) is 23.3 Å². The zero-order valence-electron chi connectivity index (χ0n) is 11.1. The molecular weight excluding hydrogens is 276 g/mol. The highest BCUT2D eigenvalue weighted by atomic mass is 32.1. The number of hydrogen-bond donors (Lipinski definition) is 0. The van der Waals surface area contributed by atoms with Crippen molar-refractivity contribution in [3.05, 3.63) is 71.1 Å². The molecule has 3 aromatic rings. The van der Waals surface area contributed by atoms with Gasteiger partial charge in [-0.1, -0.05) is 24.3 Å². The third-order valence-electron chi connectivity index (χ3n) is 3.25. The number of nitriles is 2. The van der Waals surface area contributed by atoms with Crippen molar-refractivity contribution in [2.45, 2.75) is 0 Å². The molecule has 1 aromatic heterocycles. The molecule has 0 aliphatic heterocycles. The molecule has 0 atom stereocenters. The lowest BCUT2D eigenvalue weighted by atomic mass is 10.1. The molecular formula is C18H10N2S. The summed E-state index contributed by atoms with van der Waals surface area (Å²) in [6.07, 6.45) is 0. The van der Waals surface area contributed by atoms with Crippen molar-refractivity contribution < 1.29 is 0 Å². The Morgan fingerprint density at radius 3 is 1.71 bits per heavy atom. The lowest BCUT2D eigenvalue weighted by Gasteiger charge is -1.98. The van der Waals surface area contributed by atoms with E-state index in [1.165, 1.54) is 4.88 Å². The second-order valence-corrected chi connectivity index (χ2v) is 5.49. The van der Waals surface area contributed by atoms with Gasteiger partial charge in [-0.05, 0) is 52.4 Å². The van der Waals surface area contributed by atoms with E-state index in [2.05, 4.69) is 23.6 Å². The van der Waals surface area contributed by atoms with Crippen LogP contribution < -0.4 is 0 Å². The molecule has 98 valence electrons. The second-order valence-electron chi connectivity index (χ2n) is 4.58. The van der Waals surface area contributed by atoms with Crippen LogP contribution in [0.5, 0.6) is 0 Å². The molecule has 0 bridgehead atoms. The van der Waals surface area contributed by atoms with Gasteiger partial charge in [-0.15, -0.1) is 11.3 Å². The molecule has 2 aromatic carbocycles. The quantitative estimate of drug-likeness (QED) is 0.677. The third kappa shape index (κ3) is 2.69. The zero-order chi connectivity index (χ0) is 14.7. The molecule has 2 nitrogen and oxygen atoms in total. The fraction of sp³-hybridized carbons (Fsp3) is 0. The van der Waals surface area contributed by atoms with E-state index < -0.39 is 0 Å². The minimum absolute atomic E-state index is 0.668. The summed E-state index contributed by atoms with van der Waals surface area (Å²) >= 11 is 1.67. The summed E-state index contributed by atoms with van der Waals surface area (Å²) in [4.78, 5) is 1.17. The Kier molecular flexibility index (Phi) is 3.51. The van der Waals surface area contributed by atoms with E-state index in [1.54, 1.807) is 11.3 Å². The van der Waals surface area contributed by atoms with Crippen LogP contribution in [0.15, 0.2) is 60.0 Å². The Bertz CT molecular complexity index is 772. The summed E-state index contributed by atoms with van der Waals surface area (Å²) in [6, 6.07) is 21.5. The van der Waals surface area contributed by atoms with Gasteiger partial charge in [0.15, 0.2) is 0 Å². The van der Waals surface area contributed by atoms with Crippen LogP contribution >= 0.6 is 11.3 Å². The first-order valence-corrected chi connectivity index (χ1v) is 7.28. The predicted molar refractivity (Wildman–Crippen MR) is 84.6 cm³/mol. The highest BCUT2D eigenvalue weighted by molar-refractivity contribution is 7.14. The molecule has 0 N–H and O–H groups in total. The lowest BCUT2D eigenvalue weighted by Crippen LogP contribution is -1.77. The van der Waals surface area contributed by atoms with E-state index in [0.29, 0.717) is 11.1 Å². The molecule has 1 heterocycles. The maximum absolute atomic E-state index is 8.82. The summed E-state index contributed by atoms with van der Waals surface area (Å²) in [5.41, 5.74) is 4.69. The number of thiophene rings is 1. The van der Waals surface area contributed by atoms with Crippen molar-refractivity contribution in [2.24, 2.45) is 0 Å². The standard InChI is InChI=1S/C18H10N2S/c19-10-13-1-5-15(6-2-13)17-9-18(21-12-17)16-7-3-14(11-20)4-8-16/h1-9,12H. The Morgan fingerprint density at radius 1 is 0.667 bits per heavy atom. The Labute approximate surface area is 127 Å². The van der Waals surface area contributed by atoms with Crippen molar-refractivity contribution >= 4 is 11.3 Å². The largest absolute Gasteiger partial charge is 0.192 e. The van der Waals surface area contributed by atoms with Gasteiger partial charge in [-0.2, -0.15) is 10.5 Å². The molecule has 3 rings (SSSR count). The zero-order valence-corrected chi connectivity index (χ0v) is 11.9. The normalized spacial score (nSPS) is 9.81. The fourth-order valence-electron chi connectivity index (χ4n) is 2.09. The van der Waals surface area contributed by atoms with Crippen molar-refractivity contribution in [1.82, 2.24) is 0 Å². The Balaban J connectivity index is 1.92. The molecule has 0 unspecified atom stereocenters.